The Hall–Kier alpha value is -0.660. The number of hydrogen-bond donors (Lipinski definition) is 1. The van der Waals surface area contributed by atoms with Gasteiger partial charge in [-0.05, 0) is 19.3 Å². The fourth-order valence-corrected chi connectivity index (χ4v) is 3.40. The molecule has 0 amide bonds. The maximum Gasteiger partial charge on any atom is 0.306 e. The molecule has 1 aliphatic rings. The van der Waals surface area contributed by atoms with E-state index in [9.17, 15) is 13.2 Å². The first-order chi connectivity index (χ1) is 7.97. The van der Waals surface area contributed by atoms with Crippen molar-refractivity contribution in [3.05, 3.63) is 0 Å². The lowest BCUT2D eigenvalue weighted by molar-refractivity contribution is -0.142. The zero-order valence-electron chi connectivity index (χ0n) is 9.96. The molecule has 1 fully saturated rings. The maximum absolute atomic E-state index is 11.9. The van der Waals surface area contributed by atoms with Crippen molar-refractivity contribution >= 4 is 16.0 Å². The molecule has 100 valence electrons. The van der Waals surface area contributed by atoms with Crippen LogP contribution >= 0.6 is 0 Å². The zero-order valence-corrected chi connectivity index (χ0v) is 10.8. The number of aliphatic carboxylic acids is 1. The van der Waals surface area contributed by atoms with Crippen molar-refractivity contribution in [1.82, 2.24) is 4.31 Å². The minimum Gasteiger partial charge on any atom is -0.481 e. The molecule has 6 nitrogen and oxygen atoms in total. The first kappa shape index (κ1) is 14.4. The number of ether oxygens (including phenoxy) is 1. The van der Waals surface area contributed by atoms with Crippen molar-refractivity contribution in [2.75, 3.05) is 32.6 Å². The largest absolute Gasteiger partial charge is 0.481 e. The molecular weight excluding hydrogens is 246 g/mol. The Balaban J connectivity index is 2.44. The van der Waals surface area contributed by atoms with Gasteiger partial charge in [0, 0.05) is 26.8 Å². The van der Waals surface area contributed by atoms with Gasteiger partial charge in [-0.3, -0.25) is 4.79 Å². The third-order valence-electron chi connectivity index (χ3n) is 2.95. The van der Waals surface area contributed by atoms with E-state index in [4.69, 9.17) is 9.84 Å². The van der Waals surface area contributed by atoms with Crippen molar-refractivity contribution in [1.29, 1.82) is 0 Å². The second-order valence-electron chi connectivity index (χ2n) is 4.17. The van der Waals surface area contributed by atoms with E-state index in [1.807, 2.05) is 0 Å². The monoisotopic (exact) mass is 265 g/mol. The summed E-state index contributed by atoms with van der Waals surface area (Å²) in [5.74, 6) is -1.17. The summed E-state index contributed by atoms with van der Waals surface area (Å²) >= 11 is 0. The second kappa shape index (κ2) is 6.32. The molecule has 0 aromatic rings. The molecule has 0 radical (unpaired) electrons. The molecule has 0 saturated carbocycles. The quantitative estimate of drug-likeness (QED) is 0.691. The van der Waals surface area contributed by atoms with Crippen LogP contribution in [0.1, 0.15) is 19.3 Å². The highest BCUT2D eigenvalue weighted by molar-refractivity contribution is 7.89. The second-order valence-corrected chi connectivity index (χ2v) is 6.26. The van der Waals surface area contributed by atoms with Gasteiger partial charge in [-0.1, -0.05) is 0 Å². The molecule has 0 aliphatic carbocycles. The normalized spacial score (nSPS) is 19.4. The minimum absolute atomic E-state index is 0.0680. The number of carbonyl (C=O) groups is 1. The number of nitrogens with zero attached hydrogens (tertiary/aromatic N) is 1. The topological polar surface area (TPSA) is 83.9 Å². The van der Waals surface area contributed by atoms with Crippen LogP contribution in [0.4, 0.5) is 0 Å². The van der Waals surface area contributed by atoms with Crippen LogP contribution in [0.5, 0.6) is 0 Å². The molecule has 0 aromatic carbocycles. The number of rotatable bonds is 6. The molecule has 1 rings (SSSR count). The molecule has 17 heavy (non-hydrogen) atoms. The summed E-state index contributed by atoms with van der Waals surface area (Å²) in [7, 11) is -1.71. The number of sulfonamides is 1. The molecular formula is C10H19NO5S. The average molecular weight is 265 g/mol. The fraction of sp³-hybridized carbons (Fsp3) is 0.900. The summed E-state index contributed by atoms with van der Waals surface area (Å²) < 4.78 is 29.9. The Labute approximate surface area is 102 Å². The van der Waals surface area contributed by atoms with Crippen LogP contribution in [0.15, 0.2) is 0 Å². The third kappa shape index (κ3) is 4.25. The van der Waals surface area contributed by atoms with Crippen LogP contribution in [0.25, 0.3) is 0 Å². The number of hydrogen-bond acceptors (Lipinski definition) is 4. The van der Waals surface area contributed by atoms with Crippen LogP contribution in [0, 0.1) is 5.92 Å². The first-order valence-electron chi connectivity index (χ1n) is 5.67. The van der Waals surface area contributed by atoms with E-state index in [0.717, 1.165) is 0 Å². The van der Waals surface area contributed by atoms with Gasteiger partial charge in [0.2, 0.25) is 10.0 Å². The number of carboxylic acid groups (broad SMARTS) is 1. The highest BCUT2D eigenvalue weighted by atomic mass is 32.2. The van der Waals surface area contributed by atoms with Crippen LogP contribution in [0.3, 0.4) is 0 Å². The van der Waals surface area contributed by atoms with Gasteiger partial charge in [0.1, 0.15) is 0 Å². The van der Waals surface area contributed by atoms with Gasteiger partial charge < -0.3 is 9.84 Å². The summed E-state index contributed by atoms with van der Waals surface area (Å²) in [4.78, 5) is 10.7. The molecule has 1 N–H and O–H groups in total. The zero-order chi connectivity index (χ0) is 12.9. The van der Waals surface area contributed by atoms with E-state index in [-0.39, 0.29) is 5.75 Å². The predicted octanol–water partition coefficient (Wildman–Crippen LogP) is 0.149. The van der Waals surface area contributed by atoms with Crippen molar-refractivity contribution in [2.24, 2.45) is 5.92 Å². The smallest absolute Gasteiger partial charge is 0.306 e. The maximum atomic E-state index is 11.9. The SMILES string of the molecule is COCCCS(=O)(=O)N1CCC(C(=O)O)CC1. The molecule has 1 heterocycles. The first-order valence-corrected chi connectivity index (χ1v) is 7.28. The molecule has 1 aliphatic heterocycles. The van der Waals surface area contributed by atoms with Gasteiger partial charge in [0.15, 0.2) is 0 Å². The van der Waals surface area contributed by atoms with Gasteiger partial charge >= 0.3 is 5.97 Å². The lowest BCUT2D eigenvalue weighted by Gasteiger charge is -2.29. The van der Waals surface area contributed by atoms with E-state index in [2.05, 4.69) is 0 Å². The Morgan fingerprint density at radius 3 is 2.47 bits per heavy atom. The molecule has 0 aromatic heterocycles. The van der Waals surface area contributed by atoms with E-state index < -0.39 is 21.9 Å². The Morgan fingerprint density at radius 1 is 1.41 bits per heavy atom. The van der Waals surface area contributed by atoms with Crippen molar-refractivity contribution in [3.8, 4) is 0 Å². The van der Waals surface area contributed by atoms with Gasteiger partial charge in [0.05, 0.1) is 11.7 Å². The van der Waals surface area contributed by atoms with Gasteiger partial charge in [-0.15, -0.1) is 0 Å². The van der Waals surface area contributed by atoms with Crippen LogP contribution in [-0.4, -0.2) is 56.4 Å². The number of carboxylic acids is 1. The van der Waals surface area contributed by atoms with Gasteiger partial charge in [0.25, 0.3) is 0 Å². The number of methoxy groups -OCH3 is 1. The lowest BCUT2D eigenvalue weighted by Crippen LogP contribution is -2.41. The summed E-state index contributed by atoms with van der Waals surface area (Å²) in [5, 5.41) is 8.82. The molecule has 0 spiro atoms. The summed E-state index contributed by atoms with van der Waals surface area (Å²) in [6, 6.07) is 0. The van der Waals surface area contributed by atoms with Crippen molar-refractivity contribution in [2.45, 2.75) is 19.3 Å². The van der Waals surface area contributed by atoms with Crippen molar-refractivity contribution < 1.29 is 23.1 Å². The lowest BCUT2D eigenvalue weighted by atomic mass is 9.99. The van der Waals surface area contributed by atoms with Crippen LogP contribution in [0.2, 0.25) is 0 Å². The molecule has 0 atom stereocenters. The Morgan fingerprint density at radius 2 is 2.00 bits per heavy atom. The number of piperidine rings is 1. The average Bonchev–Trinajstić information content (AvgIpc) is 2.29. The summed E-state index contributed by atoms with van der Waals surface area (Å²) in [6.45, 7) is 1.05. The summed E-state index contributed by atoms with van der Waals surface area (Å²) in [5.41, 5.74) is 0. The highest BCUT2D eigenvalue weighted by Crippen LogP contribution is 2.20. The van der Waals surface area contributed by atoms with E-state index >= 15 is 0 Å². The van der Waals surface area contributed by atoms with E-state index in [0.29, 0.717) is 39.0 Å². The predicted molar refractivity (Wildman–Crippen MR) is 62.2 cm³/mol. The van der Waals surface area contributed by atoms with E-state index in [1.165, 1.54) is 11.4 Å². The minimum atomic E-state index is -3.24. The molecule has 7 heteroatoms. The molecule has 0 bridgehead atoms. The Bertz CT molecular complexity index is 346. The van der Waals surface area contributed by atoms with E-state index in [1.54, 1.807) is 0 Å². The van der Waals surface area contributed by atoms with Crippen LogP contribution in [-0.2, 0) is 19.6 Å². The highest BCUT2D eigenvalue weighted by Gasteiger charge is 2.30. The molecule has 1 saturated heterocycles. The fourth-order valence-electron chi connectivity index (χ4n) is 1.90. The molecule has 0 unspecified atom stereocenters. The van der Waals surface area contributed by atoms with Crippen LogP contribution < -0.4 is 0 Å². The van der Waals surface area contributed by atoms with Crippen molar-refractivity contribution in [3.63, 3.8) is 0 Å². The third-order valence-corrected chi connectivity index (χ3v) is 4.90. The van der Waals surface area contributed by atoms with Gasteiger partial charge in [-0.25, -0.2) is 12.7 Å². The Kier molecular flexibility index (Phi) is 5.35. The standard InChI is InChI=1S/C10H19NO5S/c1-16-7-2-8-17(14,15)11-5-3-9(4-6-11)10(12)13/h9H,2-8H2,1H3,(H,12,13). The van der Waals surface area contributed by atoms with Gasteiger partial charge in [-0.2, -0.15) is 0 Å². The summed E-state index contributed by atoms with van der Waals surface area (Å²) in [6.07, 6.45) is 1.27.